The Morgan fingerprint density at radius 3 is 2.44 bits per heavy atom. The number of aromatic nitrogens is 2. The van der Waals surface area contributed by atoms with E-state index in [1.165, 1.54) is 11.3 Å². The maximum atomic E-state index is 13.0. The topological polar surface area (TPSA) is 81.3 Å². The second kappa shape index (κ2) is 9.27. The number of ketones is 1. The number of fused-ring (bicyclic) bond motifs is 1. The van der Waals surface area contributed by atoms with Crippen molar-refractivity contribution >= 4 is 17.1 Å². The van der Waals surface area contributed by atoms with Crippen molar-refractivity contribution < 1.29 is 14.3 Å². The summed E-state index contributed by atoms with van der Waals surface area (Å²) in [6.07, 6.45) is 1.01. The van der Waals surface area contributed by atoms with Crippen LogP contribution in [0, 0.1) is 0 Å². The zero-order valence-electron chi connectivity index (χ0n) is 19.0. The van der Waals surface area contributed by atoms with Gasteiger partial charge in [0.2, 0.25) is 0 Å². The van der Waals surface area contributed by atoms with Crippen molar-refractivity contribution in [3.63, 3.8) is 0 Å². The molecule has 0 spiro atoms. The zero-order chi connectivity index (χ0) is 23.7. The number of Topliss-reactive ketones (excluding diaryl/α,β-unsaturated/α-hetero) is 1. The molecule has 2 aromatic carbocycles. The maximum Gasteiger partial charge on any atom is 0.258 e. The Hall–Kier alpha value is -3.71. The first kappa shape index (κ1) is 22.1. The molecule has 1 N–H and O–H groups in total. The summed E-state index contributed by atoms with van der Waals surface area (Å²) in [6.45, 7) is 2.56. The smallest absolute Gasteiger partial charge is 0.258 e. The number of nitrogens with one attached hydrogen (secondary N) is 1. The van der Waals surface area contributed by atoms with Crippen molar-refractivity contribution in [2.24, 2.45) is 0 Å². The molecule has 2 heterocycles. The number of ether oxygens (including phenoxy) is 2. The summed E-state index contributed by atoms with van der Waals surface area (Å²) in [7, 11) is 1.63. The highest BCUT2D eigenvalue weighted by molar-refractivity contribution is 7.13. The highest BCUT2D eigenvalue weighted by Gasteiger charge is 2.28. The second-order valence-electron chi connectivity index (χ2n) is 8.20. The molecule has 34 heavy (non-hydrogen) atoms. The molecule has 0 saturated heterocycles. The third kappa shape index (κ3) is 4.26. The Balaban J connectivity index is 1.42. The van der Waals surface area contributed by atoms with Crippen LogP contribution in [0.25, 0.3) is 21.8 Å². The lowest BCUT2D eigenvalue weighted by atomic mass is 9.81. The van der Waals surface area contributed by atoms with Crippen LogP contribution in [0.15, 0.2) is 64.8 Å². The minimum atomic E-state index is -0.227. The van der Waals surface area contributed by atoms with Gasteiger partial charge < -0.3 is 14.5 Å². The van der Waals surface area contributed by atoms with E-state index in [0.29, 0.717) is 41.3 Å². The van der Waals surface area contributed by atoms with Crippen LogP contribution >= 0.6 is 11.3 Å². The monoisotopic (exact) mass is 472 g/mol. The lowest BCUT2D eigenvalue weighted by Gasteiger charge is -2.24. The molecule has 0 radical (unpaired) electrons. The molecule has 0 amide bonds. The van der Waals surface area contributed by atoms with E-state index in [0.717, 1.165) is 28.3 Å². The molecule has 4 aromatic rings. The van der Waals surface area contributed by atoms with Gasteiger partial charge in [-0.3, -0.25) is 9.59 Å². The van der Waals surface area contributed by atoms with E-state index in [2.05, 4.69) is 9.97 Å². The number of benzene rings is 2. The number of thiazole rings is 1. The van der Waals surface area contributed by atoms with Gasteiger partial charge >= 0.3 is 0 Å². The Labute approximate surface area is 201 Å². The van der Waals surface area contributed by atoms with Crippen molar-refractivity contribution in [3.05, 3.63) is 87.2 Å². The molecule has 1 aliphatic carbocycles. The number of nitrogens with zero attached hydrogens (tertiary/aromatic N) is 1. The molecule has 7 heteroatoms. The van der Waals surface area contributed by atoms with Crippen LogP contribution < -0.4 is 15.0 Å². The van der Waals surface area contributed by atoms with Crippen LogP contribution in [0.3, 0.4) is 0 Å². The van der Waals surface area contributed by atoms with Gasteiger partial charge in [0, 0.05) is 28.6 Å². The first-order valence-corrected chi connectivity index (χ1v) is 12.1. The summed E-state index contributed by atoms with van der Waals surface area (Å²) in [5.74, 6) is 1.64. The summed E-state index contributed by atoms with van der Waals surface area (Å²) < 4.78 is 10.7. The minimum Gasteiger partial charge on any atom is -0.497 e. The predicted molar refractivity (Wildman–Crippen MR) is 133 cm³/mol. The van der Waals surface area contributed by atoms with E-state index in [1.807, 2.05) is 60.8 Å². The van der Waals surface area contributed by atoms with E-state index < -0.39 is 0 Å². The van der Waals surface area contributed by atoms with Crippen LogP contribution in [0.4, 0.5) is 0 Å². The SMILES string of the molecule is CCOc1ccc(-c2csc(-c3cc4c([nH]c3=O)C[C@@H](c3ccc(OC)cc3)CC4=O)n2)cc1. The molecule has 0 aliphatic heterocycles. The summed E-state index contributed by atoms with van der Waals surface area (Å²) >= 11 is 1.39. The summed E-state index contributed by atoms with van der Waals surface area (Å²) in [4.78, 5) is 33.6. The summed E-state index contributed by atoms with van der Waals surface area (Å²) in [6, 6.07) is 17.2. The predicted octanol–water partition coefficient (Wildman–Crippen LogP) is 5.49. The quantitative estimate of drug-likeness (QED) is 0.402. The van der Waals surface area contributed by atoms with Crippen LogP contribution in [0.2, 0.25) is 0 Å². The van der Waals surface area contributed by atoms with E-state index >= 15 is 0 Å². The number of rotatable bonds is 6. The molecule has 0 saturated carbocycles. The van der Waals surface area contributed by atoms with E-state index in [1.54, 1.807) is 13.2 Å². The average Bonchev–Trinajstić information content (AvgIpc) is 3.34. The van der Waals surface area contributed by atoms with Crippen molar-refractivity contribution in [1.29, 1.82) is 0 Å². The molecule has 1 aliphatic rings. The number of methoxy groups -OCH3 is 1. The highest BCUT2D eigenvalue weighted by Crippen LogP contribution is 2.34. The third-order valence-electron chi connectivity index (χ3n) is 6.09. The number of aromatic amines is 1. The third-order valence-corrected chi connectivity index (χ3v) is 6.96. The van der Waals surface area contributed by atoms with Crippen LogP contribution in [-0.4, -0.2) is 29.5 Å². The molecule has 6 nitrogen and oxygen atoms in total. The lowest BCUT2D eigenvalue weighted by Crippen LogP contribution is -2.24. The molecule has 0 fully saturated rings. The van der Waals surface area contributed by atoms with E-state index in [9.17, 15) is 9.59 Å². The standard InChI is InChI=1S/C27H24N2O4S/c1-3-33-20-10-6-17(7-11-20)24-15-34-27(29-24)22-14-21-23(28-26(22)31)12-18(13-25(21)30)16-4-8-19(32-2)9-5-16/h4-11,14-15,18H,3,12-13H2,1-2H3,(H,28,31)/t18-/m1/s1. The van der Waals surface area contributed by atoms with Crippen molar-refractivity contribution in [2.75, 3.05) is 13.7 Å². The Morgan fingerprint density at radius 1 is 1.00 bits per heavy atom. The minimum absolute atomic E-state index is 0.0264. The largest absolute Gasteiger partial charge is 0.497 e. The number of pyridine rings is 1. The Bertz CT molecular complexity index is 1390. The van der Waals surface area contributed by atoms with Gasteiger partial charge in [-0.1, -0.05) is 12.1 Å². The van der Waals surface area contributed by atoms with Crippen LogP contribution in [0.5, 0.6) is 11.5 Å². The van der Waals surface area contributed by atoms with Gasteiger partial charge in [-0.25, -0.2) is 4.98 Å². The molecule has 2 aromatic heterocycles. The summed E-state index contributed by atoms with van der Waals surface area (Å²) in [5.41, 5.74) is 4.26. The number of carbonyl (C=O) groups excluding carboxylic acids is 1. The van der Waals surface area contributed by atoms with Crippen LogP contribution in [-0.2, 0) is 6.42 Å². The van der Waals surface area contributed by atoms with Gasteiger partial charge in [-0.15, -0.1) is 11.3 Å². The van der Waals surface area contributed by atoms with Gasteiger partial charge in [-0.05, 0) is 67.3 Å². The van der Waals surface area contributed by atoms with Gasteiger partial charge in [0.15, 0.2) is 5.78 Å². The molecule has 5 rings (SSSR count). The van der Waals surface area contributed by atoms with Gasteiger partial charge in [0.05, 0.1) is 25.0 Å². The molecule has 1 atom stereocenters. The zero-order valence-corrected chi connectivity index (χ0v) is 19.8. The van der Waals surface area contributed by atoms with E-state index in [4.69, 9.17) is 9.47 Å². The lowest BCUT2D eigenvalue weighted by molar-refractivity contribution is 0.0963. The second-order valence-corrected chi connectivity index (χ2v) is 9.06. The summed E-state index contributed by atoms with van der Waals surface area (Å²) in [5, 5.41) is 2.52. The Kier molecular flexibility index (Phi) is 6.02. The van der Waals surface area contributed by atoms with E-state index in [-0.39, 0.29) is 17.3 Å². The van der Waals surface area contributed by atoms with Gasteiger partial charge in [0.1, 0.15) is 16.5 Å². The molecule has 172 valence electrons. The number of H-pyrrole nitrogens is 1. The average molecular weight is 473 g/mol. The highest BCUT2D eigenvalue weighted by atomic mass is 32.1. The number of carbonyl (C=O) groups is 1. The maximum absolute atomic E-state index is 13.0. The Morgan fingerprint density at radius 2 is 1.74 bits per heavy atom. The fourth-order valence-corrected chi connectivity index (χ4v) is 5.16. The fraction of sp³-hybridized carbons (Fsp3) is 0.222. The molecule has 0 bridgehead atoms. The number of hydrogen-bond acceptors (Lipinski definition) is 6. The van der Waals surface area contributed by atoms with Gasteiger partial charge in [-0.2, -0.15) is 0 Å². The normalized spacial score (nSPS) is 15.1. The first-order chi connectivity index (χ1) is 16.6. The first-order valence-electron chi connectivity index (χ1n) is 11.2. The molecule has 0 unspecified atom stereocenters. The van der Waals surface area contributed by atoms with Crippen molar-refractivity contribution in [3.8, 4) is 33.3 Å². The molecular formula is C27H24N2O4S. The fourth-order valence-electron chi connectivity index (χ4n) is 4.32. The van der Waals surface area contributed by atoms with Crippen molar-refractivity contribution in [2.45, 2.75) is 25.7 Å². The van der Waals surface area contributed by atoms with Gasteiger partial charge in [0.25, 0.3) is 5.56 Å². The molecular weight excluding hydrogens is 448 g/mol. The van der Waals surface area contributed by atoms with Crippen molar-refractivity contribution in [1.82, 2.24) is 9.97 Å². The number of hydrogen-bond donors (Lipinski definition) is 1. The van der Waals surface area contributed by atoms with Crippen LogP contribution in [0.1, 0.15) is 40.9 Å².